The summed E-state index contributed by atoms with van der Waals surface area (Å²) in [5.41, 5.74) is 2.87. The van der Waals surface area contributed by atoms with Crippen molar-refractivity contribution >= 4 is 40.1 Å². The van der Waals surface area contributed by atoms with Crippen LogP contribution in [0.2, 0.25) is 5.15 Å². The number of nitrogens with zero attached hydrogens (tertiary/aromatic N) is 1. The van der Waals surface area contributed by atoms with Crippen molar-refractivity contribution in [2.24, 2.45) is 0 Å². The molecule has 27 heavy (non-hydrogen) atoms. The number of amides is 1. The van der Waals surface area contributed by atoms with E-state index in [1.54, 1.807) is 30.3 Å². The predicted molar refractivity (Wildman–Crippen MR) is 106 cm³/mol. The van der Waals surface area contributed by atoms with Gasteiger partial charge in [0.15, 0.2) is 6.10 Å². The normalized spacial score (nSPS) is 11.8. The minimum absolute atomic E-state index is 0.346. The lowest BCUT2D eigenvalue weighted by Crippen LogP contribution is -2.30. The van der Waals surface area contributed by atoms with E-state index in [4.69, 9.17) is 16.3 Å². The molecule has 0 aliphatic rings. The number of esters is 1. The third kappa shape index (κ3) is 4.63. The summed E-state index contributed by atoms with van der Waals surface area (Å²) < 4.78 is 5.29. The molecule has 0 aliphatic heterocycles. The van der Waals surface area contributed by atoms with Gasteiger partial charge in [-0.2, -0.15) is 0 Å². The zero-order valence-corrected chi connectivity index (χ0v) is 15.8. The Balaban J connectivity index is 1.65. The number of nitrogens with one attached hydrogen (secondary N) is 1. The number of hydrogen-bond donors (Lipinski definition) is 1. The summed E-state index contributed by atoms with van der Waals surface area (Å²) in [6.45, 7) is 3.60. The van der Waals surface area contributed by atoms with Crippen LogP contribution in [0.3, 0.4) is 0 Å². The van der Waals surface area contributed by atoms with E-state index >= 15 is 0 Å². The van der Waals surface area contributed by atoms with Crippen molar-refractivity contribution < 1.29 is 14.3 Å². The van der Waals surface area contributed by atoms with Gasteiger partial charge in [0, 0.05) is 11.1 Å². The molecule has 0 aliphatic carbocycles. The highest BCUT2D eigenvalue weighted by Gasteiger charge is 2.19. The average molecular weight is 383 g/mol. The summed E-state index contributed by atoms with van der Waals surface area (Å²) in [5.74, 6) is -0.960. The van der Waals surface area contributed by atoms with Crippen LogP contribution in [0, 0.1) is 0 Å². The number of aromatic nitrogens is 1. The van der Waals surface area contributed by atoms with E-state index < -0.39 is 12.1 Å². The van der Waals surface area contributed by atoms with Crippen LogP contribution in [0.4, 0.5) is 5.69 Å². The van der Waals surface area contributed by atoms with E-state index in [0.29, 0.717) is 21.9 Å². The molecule has 1 amide bonds. The lowest BCUT2D eigenvalue weighted by atomic mass is 10.1. The Morgan fingerprint density at radius 2 is 1.85 bits per heavy atom. The molecular weight excluding hydrogens is 364 g/mol. The standard InChI is InChI=1S/C21H19ClN2O3/c1-3-14-4-8-17(9-5-14)23-20(25)13(2)27-21(26)16-6-10-18-15(12-16)7-11-19(22)24-18/h4-13H,3H2,1-2H3,(H,23,25). The van der Waals surface area contributed by atoms with E-state index in [1.807, 2.05) is 24.3 Å². The van der Waals surface area contributed by atoms with Crippen molar-refractivity contribution in [2.75, 3.05) is 5.32 Å². The second-order valence-corrected chi connectivity index (χ2v) is 6.52. The van der Waals surface area contributed by atoms with Crippen LogP contribution in [-0.2, 0) is 16.0 Å². The molecule has 138 valence electrons. The van der Waals surface area contributed by atoms with E-state index in [1.165, 1.54) is 12.5 Å². The van der Waals surface area contributed by atoms with Crippen molar-refractivity contribution in [3.63, 3.8) is 0 Å². The van der Waals surface area contributed by atoms with E-state index in [9.17, 15) is 9.59 Å². The third-order valence-electron chi connectivity index (χ3n) is 4.17. The number of carbonyl (C=O) groups is 2. The number of aryl methyl sites for hydroxylation is 1. The summed E-state index contributed by atoms with van der Waals surface area (Å²) in [6.07, 6.45) is -0.00203. The van der Waals surface area contributed by atoms with Gasteiger partial charge in [0.2, 0.25) is 0 Å². The molecule has 0 saturated heterocycles. The quantitative estimate of drug-likeness (QED) is 0.515. The fourth-order valence-electron chi connectivity index (χ4n) is 2.58. The van der Waals surface area contributed by atoms with Crippen LogP contribution < -0.4 is 5.32 Å². The maximum atomic E-state index is 12.4. The molecule has 0 saturated carbocycles. The monoisotopic (exact) mass is 382 g/mol. The Bertz CT molecular complexity index is 986. The molecule has 5 nitrogen and oxygen atoms in total. The first-order valence-electron chi connectivity index (χ1n) is 8.63. The summed E-state index contributed by atoms with van der Waals surface area (Å²) in [7, 11) is 0. The van der Waals surface area contributed by atoms with Gasteiger partial charge >= 0.3 is 5.97 Å². The largest absolute Gasteiger partial charge is 0.449 e. The first kappa shape index (κ1) is 18.9. The first-order valence-corrected chi connectivity index (χ1v) is 9.01. The van der Waals surface area contributed by atoms with E-state index in [0.717, 1.165) is 11.8 Å². The zero-order valence-electron chi connectivity index (χ0n) is 15.0. The third-order valence-corrected chi connectivity index (χ3v) is 4.38. The number of halogens is 1. The van der Waals surface area contributed by atoms with Gasteiger partial charge in [-0.25, -0.2) is 9.78 Å². The van der Waals surface area contributed by atoms with Gasteiger partial charge in [0.25, 0.3) is 5.91 Å². The Kier molecular flexibility index (Phi) is 5.72. The Morgan fingerprint density at radius 3 is 2.56 bits per heavy atom. The summed E-state index contributed by atoms with van der Waals surface area (Å²) in [6, 6.07) is 15.9. The molecule has 3 aromatic rings. The fraction of sp³-hybridized carbons (Fsp3) is 0.190. The van der Waals surface area contributed by atoms with Gasteiger partial charge in [-0.05, 0) is 61.4 Å². The molecule has 1 aromatic heterocycles. The molecule has 0 bridgehead atoms. The Labute approximate surface area is 162 Å². The van der Waals surface area contributed by atoms with Gasteiger partial charge < -0.3 is 10.1 Å². The number of rotatable bonds is 5. The number of ether oxygens (including phenoxy) is 1. The predicted octanol–water partition coefficient (Wildman–Crippen LogP) is 4.63. The molecule has 0 spiro atoms. The summed E-state index contributed by atoms with van der Waals surface area (Å²) in [4.78, 5) is 28.8. The Hall–Kier alpha value is -2.92. The van der Waals surface area contributed by atoms with Crippen LogP contribution in [0.1, 0.15) is 29.8 Å². The molecule has 2 aromatic carbocycles. The average Bonchev–Trinajstić information content (AvgIpc) is 2.68. The molecule has 1 N–H and O–H groups in total. The van der Waals surface area contributed by atoms with Gasteiger partial charge in [-0.1, -0.05) is 30.7 Å². The van der Waals surface area contributed by atoms with Crippen molar-refractivity contribution in [2.45, 2.75) is 26.4 Å². The fourth-order valence-corrected chi connectivity index (χ4v) is 2.73. The molecule has 1 heterocycles. The van der Waals surface area contributed by atoms with Crippen LogP contribution in [0.15, 0.2) is 54.6 Å². The van der Waals surface area contributed by atoms with Crippen LogP contribution in [0.25, 0.3) is 10.9 Å². The maximum absolute atomic E-state index is 12.4. The lowest BCUT2D eigenvalue weighted by molar-refractivity contribution is -0.123. The number of benzene rings is 2. The maximum Gasteiger partial charge on any atom is 0.338 e. The Morgan fingerprint density at radius 1 is 1.11 bits per heavy atom. The minimum Gasteiger partial charge on any atom is -0.449 e. The smallest absolute Gasteiger partial charge is 0.338 e. The van der Waals surface area contributed by atoms with Crippen LogP contribution in [0.5, 0.6) is 0 Å². The van der Waals surface area contributed by atoms with Crippen molar-refractivity contribution in [3.05, 3.63) is 70.9 Å². The molecule has 3 rings (SSSR count). The van der Waals surface area contributed by atoms with Gasteiger partial charge in [0.05, 0.1) is 11.1 Å². The molecule has 6 heteroatoms. The summed E-state index contributed by atoms with van der Waals surface area (Å²) in [5, 5.41) is 3.89. The molecular formula is C21H19ClN2O3. The highest BCUT2D eigenvalue weighted by atomic mass is 35.5. The number of hydrogen-bond acceptors (Lipinski definition) is 4. The second kappa shape index (κ2) is 8.18. The lowest BCUT2D eigenvalue weighted by Gasteiger charge is -2.14. The van der Waals surface area contributed by atoms with E-state index in [-0.39, 0.29) is 5.91 Å². The minimum atomic E-state index is -0.928. The van der Waals surface area contributed by atoms with Crippen molar-refractivity contribution in [1.82, 2.24) is 4.98 Å². The number of fused-ring (bicyclic) bond motifs is 1. The molecule has 1 atom stereocenters. The van der Waals surface area contributed by atoms with Crippen LogP contribution in [-0.4, -0.2) is 23.0 Å². The number of pyridine rings is 1. The number of carbonyl (C=O) groups excluding carboxylic acids is 2. The van der Waals surface area contributed by atoms with Crippen molar-refractivity contribution in [1.29, 1.82) is 0 Å². The number of anilines is 1. The molecule has 1 unspecified atom stereocenters. The SMILES string of the molecule is CCc1ccc(NC(=O)C(C)OC(=O)c2ccc3nc(Cl)ccc3c2)cc1. The first-order chi connectivity index (χ1) is 13.0. The van der Waals surface area contributed by atoms with E-state index in [2.05, 4.69) is 17.2 Å². The summed E-state index contributed by atoms with van der Waals surface area (Å²) >= 11 is 5.86. The second-order valence-electron chi connectivity index (χ2n) is 6.13. The zero-order chi connectivity index (χ0) is 19.4. The van der Waals surface area contributed by atoms with Gasteiger partial charge in [-0.15, -0.1) is 0 Å². The highest BCUT2D eigenvalue weighted by molar-refractivity contribution is 6.29. The van der Waals surface area contributed by atoms with Gasteiger partial charge in [-0.3, -0.25) is 4.79 Å². The van der Waals surface area contributed by atoms with Crippen LogP contribution >= 0.6 is 11.6 Å². The molecule has 0 radical (unpaired) electrons. The highest BCUT2D eigenvalue weighted by Crippen LogP contribution is 2.18. The van der Waals surface area contributed by atoms with Crippen molar-refractivity contribution in [3.8, 4) is 0 Å². The topological polar surface area (TPSA) is 68.3 Å². The van der Waals surface area contributed by atoms with Gasteiger partial charge in [0.1, 0.15) is 5.15 Å². The molecule has 0 fully saturated rings.